The fourth-order valence-corrected chi connectivity index (χ4v) is 2.53. The maximum atomic E-state index is 12.2. The first-order chi connectivity index (χ1) is 12.1. The number of ether oxygens (including phenoxy) is 3. The summed E-state index contributed by atoms with van der Waals surface area (Å²) in [5.41, 5.74) is 1.75. The topological polar surface area (TPSA) is 68.8 Å². The van der Waals surface area contributed by atoms with Crippen LogP contribution in [-0.4, -0.2) is 27.4 Å². The van der Waals surface area contributed by atoms with E-state index in [0.29, 0.717) is 18.0 Å². The van der Waals surface area contributed by atoms with Crippen molar-refractivity contribution < 1.29 is 19.0 Å². The Hall–Kier alpha value is -2.89. The molecule has 0 heterocycles. The smallest absolute Gasteiger partial charge is 0.315 e. The third kappa shape index (κ3) is 4.79. The Kier molecular flexibility index (Phi) is 6.51. The third-order valence-corrected chi connectivity index (χ3v) is 3.88. The summed E-state index contributed by atoms with van der Waals surface area (Å²) < 4.78 is 15.9. The number of benzene rings is 2. The summed E-state index contributed by atoms with van der Waals surface area (Å²) in [6.45, 7) is 2.26. The highest BCUT2D eigenvalue weighted by atomic mass is 16.5. The van der Waals surface area contributed by atoms with Gasteiger partial charge in [0.15, 0.2) is 0 Å². The predicted molar refractivity (Wildman–Crippen MR) is 96.3 cm³/mol. The molecule has 0 saturated carbocycles. The first-order valence-electron chi connectivity index (χ1n) is 7.97. The lowest BCUT2D eigenvalue weighted by molar-refractivity contribution is 0.237. The Morgan fingerprint density at radius 2 is 1.72 bits per heavy atom. The number of para-hydroxylation sites is 1. The van der Waals surface area contributed by atoms with Crippen molar-refractivity contribution in [2.24, 2.45) is 0 Å². The van der Waals surface area contributed by atoms with Gasteiger partial charge in [-0.3, -0.25) is 0 Å². The Balaban J connectivity index is 2.00. The van der Waals surface area contributed by atoms with Crippen molar-refractivity contribution in [1.29, 1.82) is 0 Å². The molecule has 2 aromatic carbocycles. The summed E-state index contributed by atoms with van der Waals surface area (Å²) in [5.74, 6) is 2.14. The van der Waals surface area contributed by atoms with E-state index in [1.165, 1.54) is 0 Å². The van der Waals surface area contributed by atoms with Crippen molar-refractivity contribution in [3.05, 3.63) is 53.6 Å². The molecule has 134 valence electrons. The molecule has 0 spiro atoms. The average Bonchev–Trinajstić information content (AvgIpc) is 2.65. The normalized spacial score (nSPS) is 11.4. The molecule has 6 nitrogen and oxygen atoms in total. The largest absolute Gasteiger partial charge is 0.497 e. The van der Waals surface area contributed by atoms with Crippen molar-refractivity contribution in [2.45, 2.75) is 19.5 Å². The highest BCUT2D eigenvalue weighted by Gasteiger charge is 2.15. The number of carbonyl (C=O) groups is 1. The van der Waals surface area contributed by atoms with Gasteiger partial charge >= 0.3 is 6.03 Å². The summed E-state index contributed by atoms with van der Waals surface area (Å²) in [5, 5.41) is 5.74. The summed E-state index contributed by atoms with van der Waals surface area (Å²) in [6.07, 6.45) is 0. The zero-order valence-electron chi connectivity index (χ0n) is 15.0. The molecule has 0 aliphatic carbocycles. The van der Waals surface area contributed by atoms with Gasteiger partial charge < -0.3 is 24.8 Å². The monoisotopic (exact) mass is 344 g/mol. The van der Waals surface area contributed by atoms with Gasteiger partial charge in [-0.25, -0.2) is 4.79 Å². The zero-order chi connectivity index (χ0) is 18.2. The second kappa shape index (κ2) is 8.82. The van der Waals surface area contributed by atoms with E-state index in [2.05, 4.69) is 10.6 Å². The van der Waals surface area contributed by atoms with Crippen LogP contribution in [0.15, 0.2) is 42.5 Å². The van der Waals surface area contributed by atoms with E-state index in [1.807, 2.05) is 49.4 Å². The molecule has 0 fully saturated rings. The van der Waals surface area contributed by atoms with Crippen LogP contribution in [0.3, 0.4) is 0 Å². The highest BCUT2D eigenvalue weighted by Crippen LogP contribution is 2.29. The molecule has 0 bridgehead atoms. The summed E-state index contributed by atoms with van der Waals surface area (Å²) in [6, 6.07) is 12.5. The van der Waals surface area contributed by atoms with Gasteiger partial charge in [-0.05, 0) is 31.2 Å². The van der Waals surface area contributed by atoms with E-state index >= 15 is 0 Å². The number of hydrogen-bond acceptors (Lipinski definition) is 4. The number of rotatable bonds is 7. The fourth-order valence-electron chi connectivity index (χ4n) is 2.53. The van der Waals surface area contributed by atoms with E-state index in [-0.39, 0.29) is 12.1 Å². The molecule has 2 aromatic rings. The molecule has 6 heteroatoms. The standard InChI is InChI=1S/C19H24N2O4/c1-13(16-11-15(23-2)9-10-18(16)25-4)21-19(22)20-12-14-7-5-6-8-17(14)24-3/h5-11,13H,12H2,1-4H3,(H2,20,21,22). The molecule has 2 rings (SSSR count). The molecule has 0 saturated heterocycles. The van der Waals surface area contributed by atoms with Gasteiger partial charge in [0.25, 0.3) is 0 Å². The van der Waals surface area contributed by atoms with Crippen molar-refractivity contribution in [3.8, 4) is 17.2 Å². The van der Waals surface area contributed by atoms with Gasteiger partial charge in [-0.1, -0.05) is 18.2 Å². The number of methoxy groups -OCH3 is 3. The third-order valence-electron chi connectivity index (χ3n) is 3.88. The van der Waals surface area contributed by atoms with Crippen molar-refractivity contribution in [2.75, 3.05) is 21.3 Å². The fraction of sp³-hybridized carbons (Fsp3) is 0.316. The molecular weight excluding hydrogens is 320 g/mol. The van der Waals surface area contributed by atoms with Crippen LogP contribution in [0.2, 0.25) is 0 Å². The minimum atomic E-state index is -0.275. The lowest BCUT2D eigenvalue weighted by atomic mass is 10.1. The van der Waals surface area contributed by atoms with E-state index in [4.69, 9.17) is 14.2 Å². The van der Waals surface area contributed by atoms with Crippen LogP contribution >= 0.6 is 0 Å². The number of nitrogens with one attached hydrogen (secondary N) is 2. The Labute approximate surface area is 148 Å². The summed E-state index contributed by atoms with van der Waals surface area (Å²) in [4.78, 5) is 12.2. The molecule has 0 radical (unpaired) electrons. The van der Waals surface area contributed by atoms with Crippen LogP contribution in [0, 0.1) is 0 Å². The quantitative estimate of drug-likeness (QED) is 0.809. The lowest BCUT2D eigenvalue weighted by Gasteiger charge is -2.19. The second-order valence-corrected chi connectivity index (χ2v) is 5.47. The summed E-state index contributed by atoms with van der Waals surface area (Å²) >= 11 is 0. The second-order valence-electron chi connectivity index (χ2n) is 5.47. The van der Waals surface area contributed by atoms with Crippen molar-refractivity contribution >= 4 is 6.03 Å². The first-order valence-corrected chi connectivity index (χ1v) is 7.97. The molecule has 2 N–H and O–H groups in total. The average molecular weight is 344 g/mol. The van der Waals surface area contributed by atoms with Gasteiger partial charge in [0.2, 0.25) is 0 Å². The molecular formula is C19H24N2O4. The van der Waals surface area contributed by atoms with Crippen LogP contribution < -0.4 is 24.8 Å². The van der Waals surface area contributed by atoms with Gasteiger partial charge in [-0.15, -0.1) is 0 Å². The van der Waals surface area contributed by atoms with Gasteiger partial charge in [0.05, 0.1) is 27.4 Å². The molecule has 1 atom stereocenters. The number of carbonyl (C=O) groups excluding carboxylic acids is 1. The van der Waals surface area contributed by atoms with Crippen LogP contribution in [-0.2, 0) is 6.54 Å². The van der Waals surface area contributed by atoms with E-state index in [1.54, 1.807) is 21.3 Å². The maximum absolute atomic E-state index is 12.2. The van der Waals surface area contributed by atoms with Crippen LogP contribution in [0.1, 0.15) is 24.1 Å². The van der Waals surface area contributed by atoms with Crippen molar-refractivity contribution in [3.63, 3.8) is 0 Å². The van der Waals surface area contributed by atoms with Crippen LogP contribution in [0.4, 0.5) is 4.79 Å². The molecule has 2 amide bonds. The van der Waals surface area contributed by atoms with Gasteiger partial charge in [-0.2, -0.15) is 0 Å². The molecule has 25 heavy (non-hydrogen) atoms. The lowest BCUT2D eigenvalue weighted by Crippen LogP contribution is -2.36. The number of hydrogen-bond donors (Lipinski definition) is 2. The molecule has 1 unspecified atom stereocenters. The Morgan fingerprint density at radius 3 is 2.40 bits per heavy atom. The van der Waals surface area contributed by atoms with Crippen LogP contribution in [0.25, 0.3) is 0 Å². The minimum absolute atomic E-state index is 0.247. The highest BCUT2D eigenvalue weighted by molar-refractivity contribution is 5.74. The van der Waals surface area contributed by atoms with Crippen LogP contribution in [0.5, 0.6) is 17.2 Å². The van der Waals surface area contributed by atoms with Crippen molar-refractivity contribution in [1.82, 2.24) is 10.6 Å². The maximum Gasteiger partial charge on any atom is 0.315 e. The van der Waals surface area contributed by atoms with E-state index in [0.717, 1.165) is 16.9 Å². The molecule has 0 aromatic heterocycles. The number of urea groups is 1. The SMILES string of the molecule is COc1ccc(OC)c(C(C)NC(=O)NCc2ccccc2OC)c1. The van der Waals surface area contributed by atoms with E-state index < -0.39 is 0 Å². The summed E-state index contributed by atoms with van der Waals surface area (Å²) in [7, 11) is 4.81. The minimum Gasteiger partial charge on any atom is -0.497 e. The Bertz CT molecular complexity index is 718. The molecule has 0 aliphatic rings. The predicted octanol–water partition coefficient (Wildman–Crippen LogP) is 3.27. The van der Waals surface area contributed by atoms with Gasteiger partial charge in [0.1, 0.15) is 17.2 Å². The Morgan fingerprint density at radius 1 is 1.00 bits per heavy atom. The number of amides is 2. The molecule has 0 aliphatic heterocycles. The first kappa shape index (κ1) is 18.4. The van der Waals surface area contributed by atoms with Gasteiger partial charge in [0, 0.05) is 17.7 Å². The zero-order valence-corrected chi connectivity index (χ0v) is 15.0. The van der Waals surface area contributed by atoms with E-state index in [9.17, 15) is 4.79 Å².